The molecule has 0 aliphatic carbocycles. The van der Waals surface area contributed by atoms with Crippen molar-refractivity contribution in [1.29, 1.82) is 0 Å². The highest BCUT2D eigenvalue weighted by atomic mass is 79.9. The van der Waals surface area contributed by atoms with Crippen molar-refractivity contribution in [2.75, 3.05) is 5.73 Å². The first-order chi connectivity index (χ1) is 9.04. The second-order valence-corrected chi connectivity index (χ2v) is 5.75. The van der Waals surface area contributed by atoms with Crippen LogP contribution in [0.5, 0.6) is 0 Å². The lowest BCUT2D eigenvalue weighted by Crippen LogP contribution is -1.89. The molecule has 3 nitrogen and oxygen atoms in total. The number of halogens is 3. The summed E-state index contributed by atoms with van der Waals surface area (Å²) in [6, 6.07) is 8.81. The van der Waals surface area contributed by atoms with E-state index in [-0.39, 0.29) is 0 Å². The van der Waals surface area contributed by atoms with Crippen LogP contribution in [0.15, 0.2) is 39.2 Å². The van der Waals surface area contributed by atoms with Gasteiger partial charge in [0.15, 0.2) is 5.58 Å². The van der Waals surface area contributed by atoms with Crippen LogP contribution in [0.2, 0.25) is 10.0 Å². The van der Waals surface area contributed by atoms with Crippen molar-refractivity contribution >= 4 is 55.9 Å². The molecule has 96 valence electrons. The predicted octanol–water partition coefficient (Wildman–Crippen LogP) is 5.15. The number of nitrogen functional groups attached to an aromatic ring is 1. The maximum atomic E-state index is 6.07. The first kappa shape index (κ1) is 12.8. The lowest BCUT2D eigenvalue weighted by Gasteiger charge is -2.01. The molecular weight excluding hydrogens is 351 g/mol. The Bertz CT molecular complexity index is 786. The zero-order valence-electron chi connectivity index (χ0n) is 9.45. The number of fused-ring (bicyclic) bond motifs is 1. The first-order valence-corrected chi connectivity index (χ1v) is 6.90. The van der Waals surface area contributed by atoms with Gasteiger partial charge in [0.1, 0.15) is 5.52 Å². The molecule has 0 amide bonds. The molecule has 1 heterocycles. The van der Waals surface area contributed by atoms with Crippen LogP contribution in [-0.2, 0) is 0 Å². The largest absolute Gasteiger partial charge is 0.434 e. The molecule has 0 atom stereocenters. The van der Waals surface area contributed by atoms with Crippen LogP contribution in [0.4, 0.5) is 5.69 Å². The van der Waals surface area contributed by atoms with Crippen molar-refractivity contribution in [3.63, 3.8) is 0 Å². The standard InChI is InChI=1S/C13H7BrCl2N2O/c14-6-1-2-8(10(17)3-6)13-18-11-5-7(15)4-9(16)12(11)19-13/h1-5H,17H2. The normalized spacial score (nSPS) is 11.1. The van der Waals surface area contributed by atoms with Gasteiger partial charge >= 0.3 is 0 Å². The average molecular weight is 358 g/mol. The van der Waals surface area contributed by atoms with Gasteiger partial charge in [-0.2, -0.15) is 0 Å². The molecule has 0 saturated heterocycles. The van der Waals surface area contributed by atoms with E-state index in [1.54, 1.807) is 18.2 Å². The Labute approximate surface area is 127 Å². The second kappa shape index (κ2) is 4.71. The highest BCUT2D eigenvalue weighted by molar-refractivity contribution is 9.10. The average Bonchev–Trinajstić information content (AvgIpc) is 2.72. The SMILES string of the molecule is Nc1cc(Br)ccc1-c1nc2cc(Cl)cc(Cl)c2o1. The number of nitrogens with two attached hydrogens (primary N) is 1. The Morgan fingerprint density at radius 3 is 2.68 bits per heavy atom. The molecule has 3 aromatic rings. The van der Waals surface area contributed by atoms with Crippen LogP contribution in [0, 0.1) is 0 Å². The van der Waals surface area contributed by atoms with Gasteiger partial charge in [0.2, 0.25) is 5.89 Å². The van der Waals surface area contributed by atoms with E-state index >= 15 is 0 Å². The van der Waals surface area contributed by atoms with Gasteiger partial charge in [-0.15, -0.1) is 0 Å². The molecule has 0 saturated carbocycles. The molecule has 2 aromatic carbocycles. The van der Waals surface area contributed by atoms with E-state index in [1.165, 1.54) is 0 Å². The molecule has 0 bridgehead atoms. The van der Waals surface area contributed by atoms with Gasteiger partial charge in [-0.3, -0.25) is 0 Å². The number of nitrogens with zero attached hydrogens (tertiary/aromatic N) is 1. The Morgan fingerprint density at radius 2 is 1.95 bits per heavy atom. The fourth-order valence-electron chi connectivity index (χ4n) is 1.80. The minimum absolute atomic E-state index is 0.421. The number of oxazole rings is 1. The van der Waals surface area contributed by atoms with Crippen LogP contribution < -0.4 is 5.73 Å². The maximum absolute atomic E-state index is 6.07. The van der Waals surface area contributed by atoms with Crippen LogP contribution in [-0.4, -0.2) is 4.98 Å². The number of benzene rings is 2. The molecule has 0 radical (unpaired) electrons. The summed E-state index contributed by atoms with van der Waals surface area (Å²) in [5.74, 6) is 0.421. The fraction of sp³-hybridized carbons (Fsp3) is 0. The topological polar surface area (TPSA) is 52.0 Å². The highest BCUT2D eigenvalue weighted by Crippen LogP contribution is 2.34. The van der Waals surface area contributed by atoms with E-state index < -0.39 is 0 Å². The fourth-order valence-corrected chi connectivity index (χ4v) is 2.70. The monoisotopic (exact) mass is 356 g/mol. The quantitative estimate of drug-likeness (QED) is 0.613. The molecule has 0 unspecified atom stereocenters. The molecule has 19 heavy (non-hydrogen) atoms. The summed E-state index contributed by atoms with van der Waals surface area (Å²) in [6.45, 7) is 0. The Kier molecular flexibility index (Phi) is 3.17. The van der Waals surface area contributed by atoms with Gasteiger partial charge in [-0.1, -0.05) is 39.1 Å². The van der Waals surface area contributed by atoms with Crippen molar-refractivity contribution in [2.24, 2.45) is 0 Å². The van der Waals surface area contributed by atoms with E-state index in [4.69, 9.17) is 33.4 Å². The highest BCUT2D eigenvalue weighted by Gasteiger charge is 2.14. The zero-order chi connectivity index (χ0) is 13.6. The molecule has 3 rings (SSSR count). The van der Waals surface area contributed by atoms with Crippen LogP contribution in [0.25, 0.3) is 22.6 Å². The lowest BCUT2D eigenvalue weighted by molar-refractivity contribution is 0.620. The molecular formula is C13H7BrCl2N2O. The minimum Gasteiger partial charge on any atom is -0.434 e. The van der Waals surface area contributed by atoms with Crippen LogP contribution in [0.3, 0.4) is 0 Å². The first-order valence-electron chi connectivity index (χ1n) is 5.35. The minimum atomic E-state index is 0.421. The lowest BCUT2D eigenvalue weighted by atomic mass is 10.2. The molecule has 1 aromatic heterocycles. The Hall–Kier alpha value is -1.23. The maximum Gasteiger partial charge on any atom is 0.229 e. The van der Waals surface area contributed by atoms with Crippen molar-refractivity contribution < 1.29 is 4.42 Å². The smallest absolute Gasteiger partial charge is 0.229 e. The van der Waals surface area contributed by atoms with Crippen LogP contribution in [0.1, 0.15) is 0 Å². The van der Waals surface area contributed by atoms with Crippen molar-refractivity contribution in [3.05, 3.63) is 44.8 Å². The second-order valence-electron chi connectivity index (χ2n) is 3.99. The summed E-state index contributed by atoms with van der Waals surface area (Å²) in [6.07, 6.45) is 0. The molecule has 0 spiro atoms. The van der Waals surface area contributed by atoms with Crippen molar-refractivity contribution in [1.82, 2.24) is 4.98 Å². The van der Waals surface area contributed by atoms with Gasteiger partial charge < -0.3 is 10.2 Å². The third-order valence-electron chi connectivity index (χ3n) is 2.65. The summed E-state index contributed by atoms with van der Waals surface area (Å²) in [5.41, 5.74) is 8.35. The Morgan fingerprint density at radius 1 is 1.16 bits per heavy atom. The number of hydrogen-bond donors (Lipinski definition) is 1. The van der Waals surface area contributed by atoms with Gasteiger partial charge in [0, 0.05) is 15.2 Å². The van der Waals surface area contributed by atoms with E-state index in [1.807, 2.05) is 12.1 Å². The van der Waals surface area contributed by atoms with E-state index in [9.17, 15) is 0 Å². The molecule has 0 fully saturated rings. The van der Waals surface area contributed by atoms with E-state index in [0.29, 0.717) is 38.3 Å². The van der Waals surface area contributed by atoms with Crippen molar-refractivity contribution in [2.45, 2.75) is 0 Å². The van der Waals surface area contributed by atoms with Crippen LogP contribution >= 0.6 is 39.1 Å². The summed E-state index contributed by atoms with van der Waals surface area (Å²) < 4.78 is 6.56. The third kappa shape index (κ3) is 2.31. The molecule has 0 aliphatic rings. The summed E-state index contributed by atoms with van der Waals surface area (Å²) in [4.78, 5) is 4.36. The number of anilines is 1. The summed E-state index contributed by atoms with van der Waals surface area (Å²) in [5, 5.41) is 0.943. The number of aromatic nitrogens is 1. The molecule has 0 aliphatic heterocycles. The molecule has 2 N–H and O–H groups in total. The zero-order valence-corrected chi connectivity index (χ0v) is 12.6. The predicted molar refractivity (Wildman–Crippen MR) is 81.6 cm³/mol. The Balaban J connectivity index is 2.23. The number of hydrogen-bond acceptors (Lipinski definition) is 3. The summed E-state index contributed by atoms with van der Waals surface area (Å²) in [7, 11) is 0. The van der Waals surface area contributed by atoms with Crippen molar-refractivity contribution in [3.8, 4) is 11.5 Å². The summed E-state index contributed by atoms with van der Waals surface area (Å²) >= 11 is 15.4. The van der Waals surface area contributed by atoms with Gasteiger partial charge in [-0.05, 0) is 30.3 Å². The number of rotatable bonds is 1. The van der Waals surface area contributed by atoms with E-state index in [0.717, 1.165) is 4.47 Å². The third-order valence-corrected chi connectivity index (χ3v) is 3.65. The van der Waals surface area contributed by atoms with Gasteiger partial charge in [-0.25, -0.2) is 4.98 Å². The molecule has 6 heteroatoms. The van der Waals surface area contributed by atoms with Gasteiger partial charge in [0.25, 0.3) is 0 Å². The van der Waals surface area contributed by atoms with Gasteiger partial charge in [0.05, 0.1) is 10.6 Å². The van der Waals surface area contributed by atoms with E-state index in [2.05, 4.69) is 20.9 Å².